The van der Waals surface area contributed by atoms with Gasteiger partial charge in [0.05, 0.1) is 13.2 Å². The molecule has 1 rings (SSSR count). The van der Waals surface area contributed by atoms with Gasteiger partial charge in [-0.25, -0.2) is 0 Å². The van der Waals surface area contributed by atoms with Crippen LogP contribution in [0, 0.1) is 5.92 Å². The highest BCUT2D eigenvalue weighted by atomic mass is 16.5. The van der Waals surface area contributed by atoms with Crippen molar-refractivity contribution in [1.82, 2.24) is 5.32 Å². The summed E-state index contributed by atoms with van der Waals surface area (Å²) in [5.74, 6) is -2.96. The lowest BCUT2D eigenvalue weighted by molar-refractivity contribution is -0.152. The first-order chi connectivity index (χ1) is 5.66. The average Bonchev–Trinajstić information content (AvgIpc) is 2.32. The Hall–Kier alpha value is -1.39. The third-order valence-electron chi connectivity index (χ3n) is 1.54. The third-order valence-corrected chi connectivity index (χ3v) is 1.54. The number of hydrogen-bond acceptors (Lipinski definition) is 4. The number of nitrogens with one attached hydrogen (secondary N) is 1. The van der Waals surface area contributed by atoms with Gasteiger partial charge < -0.3 is 10.1 Å². The van der Waals surface area contributed by atoms with Crippen molar-refractivity contribution in [3.05, 3.63) is 0 Å². The van der Waals surface area contributed by atoms with E-state index in [0.29, 0.717) is 0 Å². The zero-order valence-corrected chi connectivity index (χ0v) is 6.62. The van der Waals surface area contributed by atoms with Gasteiger partial charge in [-0.1, -0.05) is 0 Å². The van der Waals surface area contributed by atoms with Gasteiger partial charge in [-0.15, -0.1) is 0 Å². The molecule has 1 fully saturated rings. The van der Waals surface area contributed by atoms with Crippen LogP contribution >= 0.6 is 0 Å². The second kappa shape index (κ2) is 3.34. The van der Waals surface area contributed by atoms with Crippen molar-refractivity contribution >= 4 is 17.7 Å². The Balaban J connectivity index is 2.66. The summed E-state index contributed by atoms with van der Waals surface area (Å²) in [4.78, 5) is 32.7. The normalized spacial score (nSPS) is 22.2. The maximum atomic E-state index is 11.0. The zero-order valence-electron chi connectivity index (χ0n) is 6.62. The highest BCUT2D eigenvalue weighted by Crippen LogP contribution is 2.07. The second-order valence-corrected chi connectivity index (χ2v) is 2.37. The van der Waals surface area contributed by atoms with E-state index in [1.54, 1.807) is 6.92 Å². The molecule has 5 heteroatoms. The molecule has 1 saturated heterocycles. The molecule has 1 atom stereocenters. The van der Waals surface area contributed by atoms with Crippen LogP contribution in [-0.4, -0.2) is 30.8 Å². The summed E-state index contributed by atoms with van der Waals surface area (Å²) in [5, 5.41) is 2.27. The van der Waals surface area contributed by atoms with E-state index in [1.165, 1.54) is 0 Å². The van der Waals surface area contributed by atoms with Gasteiger partial charge >= 0.3 is 5.97 Å². The molecule has 1 heterocycles. The van der Waals surface area contributed by atoms with Crippen molar-refractivity contribution in [1.29, 1.82) is 0 Å². The Bertz CT molecular complexity index is 220. The minimum atomic E-state index is -1.23. The number of esters is 1. The Labute approximate surface area is 69.1 Å². The maximum absolute atomic E-state index is 11.0. The van der Waals surface area contributed by atoms with E-state index in [4.69, 9.17) is 0 Å². The van der Waals surface area contributed by atoms with Crippen LogP contribution < -0.4 is 5.32 Å². The number of ketones is 1. The van der Waals surface area contributed by atoms with Crippen molar-refractivity contribution in [2.45, 2.75) is 6.92 Å². The molecule has 1 N–H and O–H groups in total. The molecule has 0 saturated carbocycles. The molecule has 1 amide bonds. The van der Waals surface area contributed by atoms with Crippen molar-refractivity contribution in [2.24, 2.45) is 5.92 Å². The van der Waals surface area contributed by atoms with E-state index in [2.05, 4.69) is 10.1 Å². The topological polar surface area (TPSA) is 72.5 Å². The van der Waals surface area contributed by atoms with E-state index < -0.39 is 23.6 Å². The predicted molar refractivity (Wildman–Crippen MR) is 38.1 cm³/mol. The Kier molecular flexibility index (Phi) is 2.42. The number of amides is 1. The van der Waals surface area contributed by atoms with Crippen LogP contribution in [0.25, 0.3) is 0 Å². The fraction of sp³-hybridized carbons (Fsp3) is 0.571. The molecule has 12 heavy (non-hydrogen) atoms. The van der Waals surface area contributed by atoms with Crippen LogP contribution in [0.2, 0.25) is 0 Å². The predicted octanol–water partition coefficient (Wildman–Crippen LogP) is -1.14. The van der Waals surface area contributed by atoms with Gasteiger partial charge in [0.25, 0.3) is 0 Å². The minimum absolute atomic E-state index is 0.0671. The fourth-order valence-corrected chi connectivity index (χ4v) is 0.989. The van der Waals surface area contributed by atoms with Gasteiger partial charge in [0.2, 0.25) is 5.91 Å². The third kappa shape index (κ3) is 1.44. The van der Waals surface area contributed by atoms with Gasteiger partial charge in [0, 0.05) is 0 Å². The van der Waals surface area contributed by atoms with Gasteiger partial charge in [0.15, 0.2) is 11.7 Å². The first-order valence-corrected chi connectivity index (χ1v) is 3.64. The van der Waals surface area contributed by atoms with Crippen molar-refractivity contribution in [2.75, 3.05) is 13.2 Å². The molecule has 0 aromatic carbocycles. The number of carbonyl (C=O) groups excluding carboxylic acids is 3. The van der Waals surface area contributed by atoms with E-state index in [-0.39, 0.29) is 13.2 Å². The molecule has 0 spiro atoms. The van der Waals surface area contributed by atoms with E-state index in [0.717, 1.165) is 0 Å². The summed E-state index contributed by atoms with van der Waals surface area (Å²) in [6.07, 6.45) is 0. The molecule has 66 valence electrons. The Morgan fingerprint density at radius 1 is 1.67 bits per heavy atom. The molecule has 1 aliphatic rings. The summed E-state index contributed by atoms with van der Waals surface area (Å²) < 4.78 is 4.55. The monoisotopic (exact) mass is 171 g/mol. The highest BCUT2D eigenvalue weighted by Gasteiger charge is 2.39. The summed E-state index contributed by atoms with van der Waals surface area (Å²) in [5.41, 5.74) is 0. The van der Waals surface area contributed by atoms with E-state index >= 15 is 0 Å². The van der Waals surface area contributed by atoms with Crippen LogP contribution in [0.5, 0.6) is 0 Å². The second-order valence-electron chi connectivity index (χ2n) is 2.37. The number of rotatable bonds is 2. The van der Waals surface area contributed by atoms with E-state index in [1.807, 2.05) is 0 Å². The van der Waals surface area contributed by atoms with Gasteiger partial charge in [0.1, 0.15) is 0 Å². The number of carbonyl (C=O) groups is 3. The molecule has 1 unspecified atom stereocenters. The van der Waals surface area contributed by atoms with Gasteiger partial charge in [-0.3, -0.25) is 14.4 Å². The maximum Gasteiger partial charge on any atom is 0.326 e. The van der Waals surface area contributed by atoms with Gasteiger partial charge in [-0.2, -0.15) is 0 Å². The van der Waals surface area contributed by atoms with Crippen LogP contribution in [0.15, 0.2) is 0 Å². The van der Waals surface area contributed by atoms with Crippen molar-refractivity contribution < 1.29 is 19.1 Å². The molecule has 0 aromatic rings. The summed E-state index contributed by atoms with van der Waals surface area (Å²) in [6, 6.07) is 0. The lowest BCUT2D eigenvalue weighted by Crippen LogP contribution is -2.29. The molecule has 0 bridgehead atoms. The van der Waals surface area contributed by atoms with Crippen molar-refractivity contribution in [3.8, 4) is 0 Å². The molecule has 5 nitrogen and oxygen atoms in total. The van der Waals surface area contributed by atoms with Crippen LogP contribution in [0.4, 0.5) is 0 Å². The van der Waals surface area contributed by atoms with Crippen LogP contribution in [0.3, 0.4) is 0 Å². The summed E-state index contributed by atoms with van der Waals surface area (Å²) >= 11 is 0. The standard InChI is InChI=1S/C7H9NO4/c1-2-12-7(11)5-4(9)3-8-6(5)10/h5H,2-3H2,1H3,(H,8,10). The smallest absolute Gasteiger partial charge is 0.326 e. The highest BCUT2D eigenvalue weighted by molar-refractivity contribution is 6.21. The summed E-state index contributed by atoms with van der Waals surface area (Å²) in [6.45, 7) is 1.73. The zero-order chi connectivity index (χ0) is 9.14. The minimum Gasteiger partial charge on any atom is -0.465 e. The quantitative estimate of drug-likeness (QED) is 0.421. The number of hydrogen-bond donors (Lipinski definition) is 1. The molecule has 0 aromatic heterocycles. The van der Waals surface area contributed by atoms with Crippen LogP contribution in [-0.2, 0) is 19.1 Å². The summed E-state index contributed by atoms with van der Waals surface area (Å²) in [7, 11) is 0. The van der Waals surface area contributed by atoms with E-state index in [9.17, 15) is 14.4 Å². The van der Waals surface area contributed by atoms with Crippen LogP contribution in [0.1, 0.15) is 6.92 Å². The molecule has 0 radical (unpaired) electrons. The SMILES string of the molecule is CCOC(=O)C1C(=O)CNC1=O. The molecule has 1 aliphatic heterocycles. The molecule has 0 aliphatic carbocycles. The first kappa shape index (κ1) is 8.70. The van der Waals surface area contributed by atoms with Crippen molar-refractivity contribution in [3.63, 3.8) is 0 Å². The molecular weight excluding hydrogens is 162 g/mol. The Morgan fingerprint density at radius 2 is 2.33 bits per heavy atom. The fourth-order valence-electron chi connectivity index (χ4n) is 0.989. The Morgan fingerprint density at radius 3 is 2.75 bits per heavy atom. The first-order valence-electron chi connectivity index (χ1n) is 3.64. The lowest BCUT2D eigenvalue weighted by atomic mass is 10.1. The number of ether oxygens (including phenoxy) is 1. The van der Waals surface area contributed by atoms with Gasteiger partial charge in [-0.05, 0) is 6.92 Å². The average molecular weight is 171 g/mol. The largest absolute Gasteiger partial charge is 0.465 e. The number of Topliss-reactive ketones (excluding diaryl/α,β-unsaturated/α-hetero) is 1. The molecular formula is C7H9NO4. The lowest BCUT2D eigenvalue weighted by Gasteiger charge is -2.03.